The lowest BCUT2D eigenvalue weighted by atomic mass is 9.74. The summed E-state index contributed by atoms with van der Waals surface area (Å²) in [6.45, 7) is 4.76. The number of halogens is 3. The lowest BCUT2D eigenvalue weighted by Crippen LogP contribution is -2.45. The van der Waals surface area contributed by atoms with Crippen LogP contribution < -0.4 is 0 Å². The number of ether oxygens (including phenoxy) is 1. The number of para-hydroxylation sites is 1. The van der Waals surface area contributed by atoms with Gasteiger partial charge < -0.3 is 9.64 Å². The first-order chi connectivity index (χ1) is 13.6. The van der Waals surface area contributed by atoms with E-state index >= 15 is 0 Å². The normalized spacial score (nSPS) is 16.4. The third-order valence-electron chi connectivity index (χ3n) is 5.84. The van der Waals surface area contributed by atoms with Crippen molar-refractivity contribution in [2.24, 2.45) is 5.41 Å². The van der Waals surface area contributed by atoms with Gasteiger partial charge in [0.05, 0.1) is 23.7 Å². The monoisotopic (exact) mass is 442 g/mol. The predicted molar refractivity (Wildman–Crippen MR) is 117 cm³/mol. The Morgan fingerprint density at radius 3 is 2.72 bits per heavy atom. The lowest BCUT2D eigenvalue weighted by Gasteiger charge is -2.40. The van der Waals surface area contributed by atoms with Crippen molar-refractivity contribution in [1.29, 1.82) is 0 Å². The molecule has 0 spiro atoms. The topological polar surface area (TPSA) is 42.4 Å². The van der Waals surface area contributed by atoms with Gasteiger partial charge in [0.15, 0.2) is 0 Å². The number of hydrogen-bond acceptors (Lipinski definition) is 4. The van der Waals surface area contributed by atoms with E-state index in [4.69, 9.17) is 16.3 Å². The number of hydrogen-bond donors (Lipinski definition) is 0. The number of aromatic nitrogens is 1. The van der Waals surface area contributed by atoms with Crippen molar-refractivity contribution in [2.45, 2.75) is 39.0 Å². The zero-order valence-corrected chi connectivity index (χ0v) is 18.4. The number of aryl methyl sites for hydroxylation is 1. The van der Waals surface area contributed by atoms with Gasteiger partial charge in [0.2, 0.25) is 0 Å². The highest BCUT2D eigenvalue weighted by molar-refractivity contribution is 6.18. The highest BCUT2D eigenvalue weighted by Gasteiger charge is 2.42. The summed E-state index contributed by atoms with van der Waals surface area (Å²) in [6, 6.07) is 7.61. The van der Waals surface area contributed by atoms with E-state index in [-0.39, 0.29) is 24.2 Å². The van der Waals surface area contributed by atoms with Crippen LogP contribution in [0, 0.1) is 11.2 Å². The fourth-order valence-electron chi connectivity index (χ4n) is 4.20. The van der Waals surface area contributed by atoms with E-state index in [1.165, 1.54) is 6.20 Å². The molecule has 1 aliphatic rings. The summed E-state index contributed by atoms with van der Waals surface area (Å²) >= 11 is 5.86. The summed E-state index contributed by atoms with van der Waals surface area (Å²) in [4.78, 5) is 19.2. The molecule has 0 atom stereocenters. The van der Waals surface area contributed by atoms with Gasteiger partial charge in [-0.1, -0.05) is 18.2 Å². The zero-order valence-electron chi connectivity index (χ0n) is 16.8. The average Bonchev–Trinajstić information content (AvgIpc) is 2.71. The minimum Gasteiger partial charge on any atom is -0.466 e. The van der Waals surface area contributed by atoms with E-state index in [1.54, 1.807) is 0 Å². The molecule has 1 fully saturated rings. The molecule has 1 aromatic heterocycles. The summed E-state index contributed by atoms with van der Waals surface area (Å²) in [7, 11) is 0. The zero-order chi connectivity index (χ0) is 20.0. The number of esters is 1. The maximum atomic E-state index is 14.4. The highest BCUT2D eigenvalue weighted by Crippen LogP contribution is 2.38. The van der Waals surface area contributed by atoms with Crippen molar-refractivity contribution in [1.82, 2.24) is 9.88 Å². The molecule has 2 aromatic rings. The van der Waals surface area contributed by atoms with Gasteiger partial charge in [0, 0.05) is 17.8 Å². The van der Waals surface area contributed by atoms with Crippen LogP contribution in [-0.4, -0.2) is 48.0 Å². The van der Waals surface area contributed by atoms with E-state index in [0.29, 0.717) is 30.9 Å². The number of alkyl halides is 1. The van der Waals surface area contributed by atoms with Gasteiger partial charge in [-0.25, -0.2) is 4.39 Å². The van der Waals surface area contributed by atoms with E-state index in [0.717, 1.165) is 49.8 Å². The minimum atomic E-state index is -0.474. The molecule has 1 saturated heterocycles. The van der Waals surface area contributed by atoms with E-state index in [9.17, 15) is 9.18 Å². The van der Waals surface area contributed by atoms with Gasteiger partial charge >= 0.3 is 5.97 Å². The second kappa shape index (κ2) is 11.1. The SMILES string of the molecule is CCOC(=O)C1(CCCc2c(F)cnc3ccccc23)CCN(CCCl)CC1.Cl. The standard InChI is InChI=1S/C22H28ClFN2O2.ClH/c1-2-28-21(27)22(10-13-26(14-11-22)15-12-23)9-5-7-17-18-6-3-4-8-20(18)25-16-19(17)24;/h3-4,6,8,16H,2,5,7,9-15H2,1H3;1H. The highest BCUT2D eigenvalue weighted by atomic mass is 35.5. The third kappa shape index (κ3) is 5.59. The Morgan fingerprint density at radius 2 is 2.03 bits per heavy atom. The van der Waals surface area contributed by atoms with Crippen molar-refractivity contribution in [3.05, 3.63) is 41.8 Å². The number of carbonyl (C=O) groups is 1. The Hall–Kier alpha value is -1.43. The van der Waals surface area contributed by atoms with E-state index in [2.05, 4.69) is 9.88 Å². The first-order valence-corrected chi connectivity index (χ1v) is 10.6. The molecule has 160 valence electrons. The molecule has 0 N–H and O–H groups in total. The van der Waals surface area contributed by atoms with Crippen LogP contribution in [-0.2, 0) is 16.0 Å². The summed E-state index contributed by atoms with van der Waals surface area (Å²) in [5.41, 5.74) is 1.01. The van der Waals surface area contributed by atoms with Crippen molar-refractivity contribution in [3.63, 3.8) is 0 Å². The number of benzene rings is 1. The number of nitrogens with zero attached hydrogens (tertiary/aromatic N) is 2. The molecule has 0 unspecified atom stereocenters. The van der Waals surface area contributed by atoms with E-state index in [1.807, 2.05) is 31.2 Å². The number of carbonyl (C=O) groups excluding carboxylic acids is 1. The van der Waals surface area contributed by atoms with Gasteiger partial charge in [0.1, 0.15) is 5.82 Å². The number of rotatable bonds is 8. The average molecular weight is 443 g/mol. The largest absolute Gasteiger partial charge is 0.466 e. The van der Waals surface area contributed by atoms with Crippen molar-refractivity contribution in [3.8, 4) is 0 Å². The second-order valence-electron chi connectivity index (χ2n) is 7.49. The third-order valence-corrected chi connectivity index (χ3v) is 6.01. The van der Waals surface area contributed by atoms with Gasteiger partial charge in [-0.3, -0.25) is 9.78 Å². The molecule has 1 aromatic carbocycles. The number of piperidine rings is 1. The summed E-state index contributed by atoms with van der Waals surface area (Å²) < 4.78 is 19.8. The summed E-state index contributed by atoms with van der Waals surface area (Å²) in [5, 5.41) is 0.851. The summed E-state index contributed by atoms with van der Waals surface area (Å²) in [5.74, 6) is 0.210. The van der Waals surface area contributed by atoms with Crippen molar-refractivity contribution in [2.75, 3.05) is 32.1 Å². The van der Waals surface area contributed by atoms with Crippen molar-refractivity contribution >= 4 is 40.9 Å². The number of fused-ring (bicyclic) bond motifs is 1. The Morgan fingerprint density at radius 1 is 1.31 bits per heavy atom. The molecular formula is C22H29Cl2FN2O2. The van der Waals surface area contributed by atoms with Crippen LogP contribution in [0.15, 0.2) is 30.5 Å². The van der Waals surface area contributed by atoms with Crippen LogP contribution in [0.2, 0.25) is 0 Å². The molecule has 3 rings (SSSR count). The number of likely N-dealkylation sites (tertiary alicyclic amines) is 1. The molecule has 2 heterocycles. The fraction of sp³-hybridized carbons (Fsp3) is 0.545. The van der Waals surface area contributed by atoms with Gasteiger partial charge in [-0.05, 0) is 63.7 Å². The van der Waals surface area contributed by atoms with Gasteiger partial charge in [0.25, 0.3) is 0 Å². The van der Waals surface area contributed by atoms with Crippen molar-refractivity contribution < 1.29 is 13.9 Å². The molecule has 4 nitrogen and oxygen atoms in total. The van der Waals surface area contributed by atoms with Gasteiger partial charge in [-0.15, -0.1) is 24.0 Å². The first-order valence-electron chi connectivity index (χ1n) is 10.1. The predicted octanol–water partition coefficient (Wildman–Crippen LogP) is 5.00. The first kappa shape index (κ1) is 23.8. The molecular weight excluding hydrogens is 414 g/mol. The van der Waals surface area contributed by atoms with Gasteiger partial charge in [-0.2, -0.15) is 0 Å². The smallest absolute Gasteiger partial charge is 0.312 e. The maximum absolute atomic E-state index is 14.4. The van der Waals surface area contributed by atoms with Crippen LogP contribution in [0.4, 0.5) is 4.39 Å². The van der Waals surface area contributed by atoms with Crippen LogP contribution in [0.3, 0.4) is 0 Å². The quantitative estimate of drug-likeness (QED) is 0.425. The molecule has 7 heteroatoms. The van der Waals surface area contributed by atoms with Crippen LogP contribution in [0.25, 0.3) is 10.9 Å². The van der Waals surface area contributed by atoms with Crippen LogP contribution >= 0.6 is 24.0 Å². The Kier molecular flexibility index (Phi) is 9.12. The van der Waals surface area contributed by atoms with E-state index < -0.39 is 5.41 Å². The molecule has 0 radical (unpaired) electrons. The number of pyridine rings is 1. The fourth-order valence-corrected chi connectivity index (χ4v) is 4.44. The van der Waals surface area contributed by atoms with Crippen LogP contribution in [0.5, 0.6) is 0 Å². The summed E-state index contributed by atoms with van der Waals surface area (Å²) in [6.07, 6.45) is 4.85. The molecule has 0 bridgehead atoms. The Balaban J connectivity index is 0.00000300. The Labute approximate surface area is 183 Å². The molecule has 0 amide bonds. The van der Waals surface area contributed by atoms with Crippen LogP contribution in [0.1, 0.15) is 38.2 Å². The molecule has 0 aliphatic carbocycles. The Bertz CT molecular complexity index is 810. The maximum Gasteiger partial charge on any atom is 0.312 e. The lowest BCUT2D eigenvalue weighted by molar-refractivity contribution is -0.159. The molecule has 29 heavy (non-hydrogen) atoms. The molecule has 0 saturated carbocycles. The second-order valence-corrected chi connectivity index (χ2v) is 7.86. The minimum absolute atomic E-state index is 0. The molecule has 1 aliphatic heterocycles.